The summed E-state index contributed by atoms with van der Waals surface area (Å²) in [4.78, 5) is 27.5. The van der Waals surface area contributed by atoms with Crippen molar-refractivity contribution in [1.82, 2.24) is 4.90 Å². The van der Waals surface area contributed by atoms with Crippen LogP contribution in [0.25, 0.3) is 0 Å². The fourth-order valence-corrected chi connectivity index (χ4v) is 3.89. The monoisotopic (exact) mass is 330 g/mol. The Hall–Kier alpha value is -2.04. The quantitative estimate of drug-likeness (QED) is 0.837. The number of aromatic hydroxyl groups is 1. The van der Waals surface area contributed by atoms with Gasteiger partial charge in [-0.15, -0.1) is 0 Å². The molecule has 2 amide bonds. The standard InChI is InChI=1S/C19H26N2O3/c1-13-8-9-17(22)16(12-13)20-18(23)14-6-2-3-7-15(14)19(24)21-10-4-5-11-21/h8-9,12,14-15,22H,2-7,10-11H2,1H3,(H,20,23)/t14-,15+/m0/s1. The third-order valence-electron chi connectivity index (χ3n) is 5.25. The van der Waals surface area contributed by atoms with Crippen molar-refractivity contribution in [1.29, 1.82) is 0 Å². The number of phenols is 1. The maximum Gasteiger partial charge on any atom is 0.228 e. The molecule has 1 heterocycles. The Morgan fingerprint density at radius 1 is 1.08 bits per heavy atom. The Balaban J connectivity index is 1.73. The Morgan fingerprint density at radius 3 is 2.46 bits per heavy atom. The SMILES string of the molecule is Cc1ccc(O)c(NC(=O)[C@H]2CCCC[C@H]2C(=O)N2CCCC2)c1. The van der Waals surface area contributed by atoms with E-state index in [1.54, 1.807) is 18.2 Å². The first-order valence-electron chi connectivity index (χ1n) is 8.95. The minimum Gasteiger partial charge on any atom is -0.506 e. The van der Waals surface area contributed by atoms with Crippen LogP contribution in [0.3, 0.4) is 0 Å². The highest BCUT2D eigenvalue weighted by molar-refractivity contribution is 5.97. The summed E-state index contributed by atoms with van der Waals surface area (Å²) in [7, 11) is 0. The van der Waals surface area contributed by atoms with Gasteiger partial charge in [-0.1, -0.05) is 18.9 Å². The van der Waals surface area contributed by atoms with Gasteiger partial charge in [-0.2, -0.15) is 0 Å². The van der Waals surface area contributed by atoms with E-state index in [9.17, 15) is 14.7 Å². The van der Waals surface area contributed by atoms with Crippen LogP contribution in [-0.4, -0.2) is 34.9 Å². The van der Waals surface area contributed by atoms with Crippen LogP contribution in [-0.2, 0) is 9.59 Å². The van der Waals surface area contributed by atoms with E-state index in [1.807, 2.05) is 11.8 Å². The first-order valence-corrected chi connectivity index (χ1v) is 8.95. The number of nitrogens with one attached hydrogen (secondary N) is 1. The van der Waals surface area contributed by atoms with Crippen LogP contribution in [0.1, 0.15) is 44.1 Å². The molecule has 3 rings (SSSR count). The highest BCUT2D eigenvalue weighted by atomic mass is 16.3. The number of carbonyl (C=O) groups excluding carboxylic acids is 2. The Kier molecular flexibility index (Phi) is 5.07. The van der Waals surface area contributed by atoms with Crippen LogP contribution in [0.15, 0.2) is 18.2 Å². The molecule has 2 atom stereocenters. The second kappa shape index (κ2) is 7.24. The molecule has 1 aliphatic heterocycles. The van der Waals surface area contributed by atoms with Gasteiger partial charge in [-0.25, -0.2) is 0 Å². The molecule has 0 spiro atoms. The molecule has 5 heteroatoms. The molecule has 5 nitrogen and oxygen atoms in total. The lowest BCUT2D eigenvalue weighted by atomic mass is 9.77. The molecule has 0 radical (unpaired) electrons. The predicted octanol–water partition coefficient (Wildman–Crippen LogP) is 3.07. The third-order valence-corrected chi connectivity index (χ3v) is 5.25. The topological polar surface area (TPSA) is 69.6 Å². The molecular formula is C19H26N2O3. The summed E-state index contributed by atoms with van der Waals surface area (Å²) in [5.41, 5.74) is 1.40. The number of rotatable bonds is 3. The molecule has 2 aliphatic rings. The molecule has 0 unspecified atom stereocenters. The van der Waals surface area contributed by atoms with Gasteiger partial charge in [0, 0.05) is 24.9 Å². The normalized spacial score (nSPS) is 24.0. The molecule has 1 aromatic carbocycles. The Bertz CT molecular complexity index is 623. The number of amides is 2. The summed E-state index contributed by atoms with van der Waals surface area (Å²) >= 11 is 0. The van der Waals surface area contributed by atoms with Crippen molar-refractivity contribution in [2.24, 2.45) is 11.8 Å². The number of hydrogen-bond donors (Lipinski definition) is 2. The van der Waals surface area contributed by atoms with Crippen molar-refractivity contribution in [3.05, 3.63) is 23.8 Å². The molecule has 24 heavy (non-hydrogen) atoms. The number of benzene rings is 1. The zero-order valence-corrected chi connectivity index (χ0v) is 14.3. The van der Waals surface area contributed by atoms with Gasteiger partial charge in [0.15, 0.2) is 0 Å². The smallest absolute Gasteiger partial charge is 0.228 e. The van der Waals surface area contributed by atoms with Crippen molar-refractivity contribution in [2.75, 3.05) is 18.4 Å². The highest BCUT2D eigenvalue weighted by Crippen LogP contribution is 2.34. The van der Waals surface area contributed by atoms with Crippen molar-refractivity contribution < 1.29 is 14.7 Å². The number of phenolic OH excluding ortho intramolecular Hbond substituents is 1. The zero-order valence-electron chi connectivity index (χ0n) is 14.3. The van der Waals surface area contributed by atoms with E-state index >= 15 is 0 Å². The molecule has 1 saturated heterocycles. The molecular weight excluding hydrogens is 304 g/mol. The molecule has 1 aliphatic carbocycles. The van der Waals surface area contributed by atoms with Gasteiger partial charge in [-0.05, 0) is 50.3 Å². The molecule has 1 saturated carbocycles. The number of carbonyl (C=O) groups is 2. The fourth-order valence-electron chi connectivity index (χ4n) is 3.89. The van der Waals surface area contributed by atoms with Gasteiger partial charge in [0.05, 0.1) is 5.69 Å². The van der Waals surface area contributed by atoms with Crippen molar-refractivity contribution >= 4 is 17.5 Å². The van der Waals surface area contributed by atoms with Gasteiger partial charge in [0.25, 0.3) is 0 Å². The first kappa shape index (κ1) is 16.8. The van der Waals surface area contributed by atoms with E-state index in [4.69, 9.17) is 0 Å². The van der Waals surface area contributed by atoms with E-state index in [-0.39, 0.29) is 29.4 Å². The van der Waals surface area contributed by atoms with E-state index in [2.05, 4.69) is 5.32 Å². The first-order chi connectivity index (χ1) is 11.6. The second-order valence-electron chi connectivity index (χ2n) is 7.04. The maximum absolute atomic E-state index is 12.8. The summed E-state index contributed by atoms with van der Waals surface area (Å²) in [6.07, 6.45) is 5.63. The summed E-state index contributed by atoms with van der Waals surface area (Å²) in [5, 5.41) is 12.8. The molecule has 2 fully saturated rings. The molecule has 0 bridgehead atoms. The molecule has 0 aromatic heterocycles. The average Bonchev–Trinajstić information content (AvgIpc) is 3.12. The highest BCUT2D eigenvalue weighted by Gasteiger charge is 2.38. The molecule has 130 valence electrons. The minimum absolute atomic E-state index is 0.0622. The lowest BCUT2D eigenvalue weighted by Crippen LogP contribution is -2.42. The lowest BCUT2D eigenvalue weighted by Gasteiger charge is -2.32. The van der Waals surface area contributed by atoms with Crippen LogP contribution in [0.2, 0.25) is 0 Å². The van der Waals surface area contributed by atoms with Crippen LogP contribution < -0.4 is 5.32 Å². The van der Waals surface area contributed by atoms with Gasteiger partial charge >= 0.3 is 0 Å². The van der Waals surface area contributed by atoms with Crippen LogP contribution >= 0.6 is 0 Å². The van der Waals surface area contributed by atoms with Crippen LogP contribution in [0.4, 0.5) is 5.69 Å². The predicted molar refractivity (Wildman–Crippen MR) is 92.7 cm³/mol. The maximum atomic E-state index is 12.8. The summed E-state index contributed by atoms with van der Waals surface area (Å²) in [6, 6.07) is 5.14. The van der Waals surface area contributed by atoms with Gasteiger partial charge < -0.3 is 15.3 Å². The van der Waals surface area contributed by atoms with Crippen molar-refractivity contribution in [3.8, 4) is 5.75 Å². The van der Waals surface area contributed by atoms with Crippen molar-refractivity contribution in [3.63, 3.8) is 0 Å². The zero-order chi connectivity index (χ0) is 17.1. The fraction of sp³-hybridized carbons (Fsp3) is 0.579. The molecule has 2 N–H and O–H groups in total. The van der Waals surface area contributed by atoms with E-state index in [0.29, 0.717) is 5.69 Å². The average molecular weight is 330 g/mol. The number of hydrogen-bond acceptors (Lipinski definition) is 3. The van der Waals surface area contributed by atoms with Gasteiger partial charge in [0.1, 0.15) is 5.75 Å². The summed E-state index contributed by atoms with van der Waals surface area (Å²) in [6.45, 7) is 3.56. The van der Waals surface area contributed by atoms with Crippen LogP contribution in [0, 0.1) is 18.8 Å². The summed E-state index contributed by atoms with van der Waals surface area (Å²) < 4.78 is 0. The van der Waals surface area contributed by atoms with E-state index in [1.165, 1.54) is 0 Å². The number of nitrogens with zero attached hydrogens (tertiary/aromatic N) is 1. The van der Waals surface area contributed by atoms with Crippen molar-refractivity contribution in [2.45, 2.75) is 45.4 Å². The minimum atomic E-state index is -0.299. The van der Waals surface area contributed by atoms with Gasteiger partial charge in [0.2, 0.25) is 11.8 Å². The number of anilines is 1. The van der Waals surface area contributed by atoms with E-state index in [0.717, 1.165) is 57.2 Å². The number of likely N-dealkylation sites (tertiary alicyclic amines) is 1. The Labute approximate surface area is 143 Å². The third kappa shape index (κ3) is 3.55. The largest absolute Gasteiger partial charge is 0.506 e. The van der Waals surface area contributed by atoms with E-state index < -0.39 is 0 Å². The van der Waals surface area contributed by atoms with Crippen LogP contribution in [0.5, 0.6) is 5.75 Å². The Morgan fingerprint density at radius 2 is 1.75 bits per heavy atom. The molecule has 1 aromatic rings. The van der Waals surface area contributed by atoms with Gasteiger partial charge in [-0.3, -0.25) is 9.59 Å². The summed E-state index contributed by atoms with van der Waals surface area (Å²) in [5.74, 6) is -0.461. The lowest BCUT2D eigenvalue weighted by molar-refractivity contribution is -0.141. The second-order valence-corrected chi connectivity index (χ2v) is 7.04. The number of aryl methyl sites for hydroxylation is 1.